The Morgan fingerprint density at radius 2 is 1.93 bits per heavy atom. The number of anilines is 2. The maximum Gasteiger partial charge on any atom is 0.266 e. The molecule has 1 heterocycles. The molecule has 0 bridgehead atoms. The van der Waals surface area contributed by atoms with Gasteiger partial charge in [-0.1, -0.05) is 29.8 Å². The topological polar surface area (TPSA) is 104 Å². The van der Waals surface area contributed by atoms with Crippen LogP contribution in [0.1, 0.15) is 0 Å². The van der Waals surface area contributed by atoms with E-state index in [-0.39, 0.29) is 39.5 Å². The molecule has 0 atom stereocenters. The Balaban J connectivity index is 1.76. The Hall–Kier alpha value is -3.04. The second-order valence-corrected chi connectivity index (χ2v) is 8.16. The standard InChI is InChI=1S/C18H17ClN4O4S/c1-22-7-8-23(12-22)11-18(25)20-15-10-17(24)16(9-14(15)19)21-28(26,27)13-5-3-2-4-6-13/h2-10,12,21H,11H2,1H3,(H-,20,24,25)/p+1. The number of hydrogen-bond donors (Lipinski definition) is 3. The van der Waals surface area contributed by atoms with Crippen molar-refractivity contribution in [3.05, 3.63) is 66.2 Å². The smallest absolute Gasteiger partial charge is 0.266 e. The van der Waals surface area contributed by atoms with Gasteiger partial charge in [-0.05, 0) is 18.2 Å². The van der Waals surface area contributed by atoms with Crippen LogP contribution in [0.25, 0.3) is 0 Å². The van der Waals surface area contributed by atoms with E-state index >= 15 is 0 Å². The molecule has 0 aliphatic carbocycles. The number of sulfonamides is 1. The van der Waals surface area contributed by atoms with Gasteiger partial charge >= 0.3 is 0 Å². The number of aryl methyl sites for hydroxylation is 1. The Bertz CT molecular complexity index is 1110. The van der Waals surface area contributed by atoms with Crippen molar-refractivity contribution in [2.45, 2.75) is 11.4 Å². The van der Waals surface area contributed by atoms with Gasteiger partial charge in [-0.25, -0.2) is 17.6 Å². The number of nitrogens with one attached hydrogen (secondary N) is 2. The fourth-order valence-corrected chi connectivity index (χ4v) is 3.79. The Labute approximate surface area is 167 Å². The number of aromatic nitrogens is 2. The zero-order chi connectivity index (χ0) is 20.3. The molecule has 28 heavy (non-hydrogen) atoms. The number of nitrogens with zero attached hydrogens (tertiary/aromatic N) is 2. The van der Waals surface area contributed by atoms with E-state index < -0.39 is 10.0 Å². The molecule has 146 valence electrons. The molecule has 1 amide bonds. The Morgan fingerprint density at radius 1 is 1.21 bits per heavy atom. The molecule has 0 saturated carbocycles. The molecule has 0 aliphatic rings. The molecular formula is C18H18ClN4O4S+. The quantitative estimate of drug-likeness (QED) is 0.419. The predicted molar refractivity (Wildman–Crippen MR) is 105 cm³/mol. The minimum absolute atomic E-state index is 0.0442. The van der Waals surface area contributed by atoms with Gasteiger partial charge in [-0.3, -0.25) is 9.52 Å². The van der Waals surface area contributed by atoms with Gasteiger partial charge in [0.25, 0.3) is 15.9 Å². The van der Waals surface area contributed by atoms with Crippen LogP contribution in [0.2, 0.25) is 5.02 Å². The van der Waals surface area contributed by atoms with E-state index in [1.807, 2.05) is 7.05 Å². The molecule has 0 spiro atoms. The maximum atomic E-state index is 12.4. The van der Waals surface area contributed by atoms with Crippen LogP contribution in [0, 0.1) is 0 Å². The average molecular weight is 422 g/mol. The first-order valence-electron chi connectivity index (χ1n) is 8.16. The first-order valence-corrected chi connectivity index (χ1v) is 10.0. The van der Waals surface area contributed by atoms with Gasteiger partial charge in [0.2, 0.25) is 6.33 Å². The lowest BCUT2D eigenvalue weighted by molar-refractivity contribution is -0.671. The third-order valence-corrected chi connectivity index (χ3v) is 5.50. The van der Waals surface area contributed by atoms with Crippen molar-refractivity contribution in [1.82, 2.24) is 4.57 Å². The van der Waals surface area contributed by atoms with E-state index in [0.29, 0.717) is 0 Å². The number of phenolic OH excluding ortho intramolecular Hbond substituents is 1. The monoisotopic (exact) mass is 421 g/mol. The summed E-state index contributed by atoms with van der Waals surface area (Å²) in [7, 11) is -2.06. The lowest BCUT2D eigenvalue weighted by Gasteiger charge is -2.13. The molecule has 1 aromatic heterocycles. The summed E-state index contributed by atoms with van der Waals surface area (Å²) in [5.41, 5.74) is 0.0765. The summed E-state index contributed by atoms with van der Waals surface area (Å²) in [6.07, 6.45) is 5.26. The molecular weight excluding hydrogens is 404 g/mol. The highest BCUT2D eigenvalue weighted by molar-refractivity contribution is 7.92. The summed E-state index contributed by atoms with van der Waals surface area (Å²) in [4.78, 5) is 12.2. The van der Waals surface area contributed by atoms with Gasteiger partial charge in [-0.2, -0.15) is 0 Å². The molecule has 0 saturated heterocycles. The number of carbonyl (C=O) groups excluding carboxylic acids is 1. The van der Waals surface area contributed by atoms with Crippen molar-refractivity contribution < 1.29 is 22.9 Å². The van der Waals surface area contributed by atoms with Crippen LogP contribution in [-0.4, -0.2) is 24.0 Å². The third kappa shape index (κ3) is 4.62. The second-order valence-electron chi connectivity index (χ2n) is 6.07. The Morgan fingerprint density at radius 3 is 2.57 bits per heavy atom. The number of rotatable bonds is 6. The minimum atomic E-state index is -3.89. The van der Waals surface area contributed by atoms with E-state index in [1.54, 1.807) is 46.1 Å². The number of phenols is 1. The van der Waals surface area contributed by atoms with Crippen molar-refractivity contribution in [2.24, 2.45) is 7.05 Å². The number of carbonyl (C=O) groups is 1. The highest BCUT2D eigenvalue weighted by Crippen LogP contribution is 2.35. The summed E-state index contributed by atoms with van der Waals surface area (Å²) in [5, 5.41) is 12.9. The maximum absolute atomic E-state index is 12.4. The van der Waals surface area contributed by atoms with Crippen molar-refractivity contribution in [3.8, 4) is 5.75 Å². The highest BCUT2D eigenvalue weighted by atomic mass is 35.5. The van der Waals surface area contributed by atoms with Gasteiger partial charge in [0, 0.05) is 6.07 Å². The van der Waals surface area contributed by atoms with Crippen LogP contribution in [0.4, 0.5) is 11.4 Å². The molecule has 0 radical (unpaired) electrons. The minimum Gasteiger partial charge on any atom is -0.506 e. The number of amides is 1. The van der Waals surface area contributed by atoms with Gasteiger partial charge in [0.05, 0.1) is 28.3 Å². The van der Waals surface area contributed by atoms with Crippen LogP contribution in [-0.2, 0) is 28.4 Å². The largest absolute Gasteiger partial charge is 0.506 e. The zero-order valence-corrected chi connectivity index (χ0v) is 16.4. The first kappa shape index (κ1) is 19.7. The van der Waals surface area contributed by atoms with Crippen molar-refractivity contribution in [2.75, 3.05) is 10.0 Å². The lowest BCUT2D eigenvalue weighted by Crippen LogP contribution is -2.25. The average Bonchev–Trinajstić information content (AvgIpc) is 3.04. The molecule has 3 rings (SSSR count). The fourth-order valence-electron chi connectivity index (χ4n) is 2.49. The first-order chi connectivity index (χ1) is 13.2. The fraction of sp³-hybridized carbons (Fsp3) is 0.111. The van der Waals surface area contributed by atoms with Crippen molar-refractivity contribution in [1.29, 1.82) is 0 Å². The number of benzene rings is 2. The number of hydrogen-bond acceptors (Lipinski definition) is 4. The summed E-state index contributed by atoms with van der Waals surface area (Å²) in [6.45, 7) is 0.0559. The van der Waals surface area contributed by atoms with E-state index in [1.165, 1.54) is 24.3 Å². The van der Waals surface area contributed by atoms with E-state index in [4.69, 9.17) is 11.6 Å². The zero-order valence-electron chi connectivity index (χ0n) is 14.8. The van der Waals surface area contributed by atoms with E-state index in [0.717, 1.165) is 0 Å². The molecule has 8 nitrogen and oxygen atoms in total. The molecule has 3 N–H and O–H groups in total. The molecule has 3 aromatic rings. The molecule has 0 fully saturated rings. The SMILES string of the molecule is C[n+]1ccn(CC(=O)Nc2cc(O)c(NS(=O)(=O)c3ccccc3)cc2Cl)c1. The van der Waals surface area contributed by atoms with Gasteiger partial charge in [0.15, 0.2) is 6.54 Å². The molecule has 0 unspecified atom stereocenters. The second kappa shape index (κ2) is 7.91. The summed E-state index contributed by atoms with van der Waals surface area (Å²) < 4.78 is 30.5. The number of aromatic hydroxyl groups is 1. The van der Waals surface area contributed by atoms with Crippen molar-refractivity contribution >= 4 is 38.9 Å². The number of halogens is 1. The molecule has 2 aromatic carbocycles. The summed E-state index contributed by atoms with van der Waals surface area (Å²) in [5.74, 6) is -0.721. The van der Waals surface area contributed by atoms with Crippen LogP contribution in [0.5, 0.6) is 5.75 Å². The summed E-state index contributed by atoms with van der Waals surface area (Å²) >= 11 is 6.16. The van der Waals surface area contributed by atoms with Crippen molar-refractivity contribution in [3.63, 3.8) is 0 Å². The Kier molecular flexibility index (Phi) is 5.57. The summed E-state index contributed by atoms with van der Waals surface area (Å²) in [6, 6.07) is 10.2. The highest BCUT2D eigenvalue weighted by Gasteiger charge is 2.18. The lowest BCUT2D eigenvalue weighted by atomic mass is 10.2. The normalized spacial score (nSPS) is 11.2. The van der Waals surface area contributed by atoms with Crippen LogP contribution >= 0.6 is 11.6 Å². The van der Waals surface area contributed by atoms with Gasteiger partial charge in [0.1, 0.15) is 18.1 Å². The number of imidazole rings is 1. The van der Waals surface area contributed by atoms with Crippen LogP contribution in [0.15, 0.2) is 66.1 Å². The molecule has 0 aliphatic heterocycles. The van der Waals surface area contributed by atoms with E-state index in [9.17, 15) is 18.3 Å². The van der Waals surface area contributed by atoms with Crippen LogP contribution < -0.4 is 14.6 Å². The van der Waals surface area contributed by atoms with Gasteiger partial charge < -0.3 is 10.4 Å². The predicted octanol–water partition coefficient (Wildman–Crippen LogP) is 2.11. The molecule has 10 heteroatoms. The van der Waals surface area contributed by atoms with Gasteiger partial charge in [-0.15, -0.1) is 0 Å². The van der Waals surface area contributed by atoms with Crippen LogP contribution in [0.3, 0.4) is 0 Å². The third-order valence-electron chi connectivity index (χ3n) is 3.81. The van der Waals surface area contributed by atoms with E-state index in [2.05, 4.69) is 10.0 Å².